The van der Waals surface area contributed by atoms with E-state index in [0.717, 1.165) is 33.2 Å². The number of aryl methyl sites for hydroxylation is 1. The number of anilines is 1. The molecule has 1 amide bonds. The van der Waals surface area contributed by atoms with Gasteiger partial charge in [0.25, 0.3) is 0 Å². The van der Waals surface area contributed by atoms with Crippen molar-refractivity contribution in [3.8, 4) is 10.6 Å². The molecule has 0 unspecified atom stereocenters. The molecular formula is C23H27N3O2S2. The summed E-state index contributed by atoms with van der Waals surface area (Å²) >= 11 is 3.40. The van der Waals surface area contributed by atoms with Gasteiger partial charge in [0.2, 0.25) is 0 Å². The van der Waals surface area contributed by atoms with E-state index in [9.17, 15) is 4.79 Å². The first-order chi connectivity index (χ1) is 14.1. The summed E-state index contributed by atoms with van der Waals surface area (Å²) in [6.45, 7) is 15.0. The van der Waals surface area contributed by atoms with E-state index in [0.29, 0.717) is 13.1 Å². The second-order valence-corrected chi connectivity index (χ2v) is 10.8. The molecule has 0 atom stereocenters. The number of nitrogens with zero attached hydrogens (tertiary/aromatic N) is 2. The maximum Gasteiger partial charge on any atom is 0.410 e. The molecule has 5 nitrogen and oxygen atoms in total. The molecule has 0 spiro atoms. The van der Waals surface area contributed by atoms with Gasteiger partial charge in [0, 0.05) is 22.7 Å². The lowest BCUT2D eigenvalue weighted by Crippen LogP contribution is -2.39. The van der Waals surface area contributed by atoms with Crippen molar-refractivity contribution >= 4 is 44.0 Å². The first kappa shape index (κ1) is 20.9. The van der Waals surface area contributed by atoms with Crippen LogP contribution in [0.15, 0.2) is 30.5 Å². The number of aromatic nitrogens is 1. The van der Waals surface area contributed by atoms with E-state index in [2.05, 4.69) is 37.0 Å². The van der Waals surface area contributed by atoms with Gasteiger partial charge in [-0.2, -0.15) is 0 Å². The molecule has 1 aromatic carbocycles. The summed E-state index contributed by atoms with van der Waals surface area (Å²) in [5, 5.41) is 5.50. The van der Waals surface area contributed by atoms with Gasteiger partial charge in [-0.25, -0.2) is 9.78 Å². The van der Waals surface area contributed by atoms with Crippen molar-refractivity contribution in [2.45, 2.75) is 53.2 Å². The third kappa shape index (κ3) is 4.09. The molecule has 3 aromatic rings. The third-order valence-electron chi connectivity index (χ3n) is 4.87. The highest BCUT2D eigenvalue weighted by atomic mass is 32.1. The van der Waals surface area contributed by atoms with Crippen molar-refractivity contribution in [1.82, 2.24) is 9.88 Å². The van der Waals surface area contributed by atoms with Crippen LogP contribution < -0.4 is 5.32 Å². The zero-order valence-electron chi connectivity index (χ0n) is 18.1. The number of rotatable bonds is 3. The number of carbonyl (C=O) groups excluding carboxylic acids is 1. The molecule has 2 aromatic heterocycles. The Hall–Kier alpha value is -2.38. The standard InChI is InChI=1S/C23H27N3O2S2/c1-13(2)24-20-18(21-25-19-14(3)8-7-9-16(19)29-21)15-10-11-26(12-17(15)30-20)22(27)28-23(4,5)6/h7-9,24H,1,10-12H2,2-6H3. The Labute approximate surface area is 185 Å². The Morgan fingerprint density at radius 3 is 2.73 bits per heavy atom. The van der Waals surface area contributed by atoms with E-state index in [-0.39, 0.29) is 6.09 Å². The van der Waals surface area contributed by atoms with Crippen molar-refractivity contribution in [3.05, 3.63) is 46.5 Å². The molecule has 4 rings (SSSR count). The van der Waals surface area contributed by atoms with Gasteiger partial charge >= 0.3 is 6.09 Å². The van der Waals surface area contributed by atoms with E-state index >= 15 is 0 Å². The summed E-state index contributed by atoms with van der Waals surface area (Å²) in [6, 6.07) is 6.30. The van der Waals surface area contributed by atoms with Crippen LogP contribution in [0.2, 0.25) is 0 Å². The summed E-state index contributed by atoms with van der Waals surface area (Å²) in [4.78, 5) is 20.5. The minimum absolute atomic E-state index is 0.256. The van der Waals surface area contributed by atoms with Crippen LogP contribution in [0.25, 0.3) is 20.8 Å². The van der Waals surface area contributed by atoms with Crippen LogP contribution in [-0.4, -0.2) is 28.1 Å². The molecule has 1 aliphatic heterocycles. The predicted octanol–water partition coefficient (Wildman–Crippen LogP) is 6.57. The maximum atomic E-state index is 12.6. The van der Waals surface area contributed by atoms with Crippen molar-refractivity contribution < 1.29 is 9.53 Å². The van der Waals surface area contributed by atoms with Crippen molar-refractivity contribution in [3.63, 3.8) is 0 Å². The number of hydrogen-bond acceptors (Lipinski definition) is 6. The van der Waals surface area contributed by atoms with E-state index in [1.807, 2.05) is 27.7 Å². The highest BCUT2D eigenvalue weighted by molar-refractivity contribution is 7.22. The van der Waals surface area contributed by atoms with Crippen LogP contribution in [-0.2, 0) is 17.7 Å². The number of thiazole rings is 1. The van der Waals surface area contributed by atoms with Gasteiger partial charge in [0.15, 0.2) is 0 Å². The lowest BCUT2D eigenvalue weighted by atomic mass is 10.0. The minimum Gasteiger partial charge on any atom is -0.444 e. The SMILES string of the molecule is C=C(C)Nc1sc2c(c1-c1nc3c(C)cccc3s1)CCN(C(=O)OC(C)(C)C)C2. The number of ether oxygens (including phenoxy) is 1. The average molecular weight is 442 g/mol. The molecule has 1 N–H and O–H groups in total. The molecule has 0 bridgehead atoms. The number of nitrogens with one attached hydrogen (secondary N) is 1. The average Bonchev–Trinajstić information content (AvgIpc) is 3.20. The normalized spacial score (nSPS) is 14.0. The van der Waals surface area contributed by atoms with E-state index in [1.54, 1.807) is 27.6 Å². The minimum atomic E-state index is -0.497. The van der Waals surface area contributed by atoms with Gasteiger partial charge in [-0.1, -0.05) is 18.7 Å². The van der Waals surface area contributed by atoms with Crippen LogP contribution in [0.4, 0.5) is 9.80 Å². The number of benzene rings is 1. The molecule has 30 heavy (non-hydrogen) atoms. The number of para-hydroxylation sites is 1. The van der Waals surface area contributed by atoms with Gasteiger partial charge in [0.1, 0.15) is 15.6 Å². The van der Waals surface area contributed by atoms with Gasteiger partial charge in [0.05, 0.1) is 16.8 Å². The number of carbonyl (C=O) groups is 1. The second-order valence-electron chi connectivity index (χ2n) is 8.71. The fourth-order valence-corrected chi connectivity index (χ4v) is 6.12. The van der Waals surface area contributed by atoms with Crippen molar-refractivity contribution in [2.24, 2.45) is 0 Å². The summed E-state index contributed by atoms with van der Waals surface area (Å²) in [5.41, 5.74) is 5.07. The maximum absolute atomic E-state index is 12.6. The molecule has 3 heterocycles. The van der Waals surface area contributed by atoms with Gasteiger partial charge < -0.3 is 15.0 Å². The Balaban J connectivity index is 1.74. The highest BCUT2D eigenvalue weighted by Crippen LogP contribution is 2.46. The highest BCUT2D eigenvalue weighted by Gasteiger charge is 2.31. The number of thiophene rings is 1. The topological polar surface area (TPSA) is 54.5 Å². The monoisotopic (exact) mass is 441 g/mol. The Morgan fingerprint density at radius 1 is 1.30 bits per heavy atom. The lowest BCUT2D eigenvalue weighted by Gasteiger charge is -2.30. The summed E-state index contributed by atoms with van der Waals surface area (Å²) < 4.78 is 6.78. The van der Waals surface area contributed by atoms with E-state index in [4.69, 9.17) is 9.72 Å². The largest absolute Gasteiger partial charge is 0.444 e. The van der Waals surface area contributed by atoms with Crippen LogP contribution in [0.1, 0.15) is 43.7 Å². The number of hydrogen-bond donors (Lipinski definition) is 1. The molecule has 158 valence electrons. The Morgan fingerprint density at radius 2 is 2.07 bits per heavy atom. The molecule has 0 radical (unpaired) electrons. The quantitative estimate of drug-likeness (QED) is 0.499. The van der Waals surface area contributed by atoms with Crippen molar-refractivity contribution in [1.29, 1.82) is 0 Å². The van der Waals surface area contributed by atoms with E-state index in [1.165, 1.54) is 20.7 Å². The van der Waals surface area contributed by atoms with Gasteiger partial charge in [-0.3, -0.25) is 0 Å². The molecule has 1 aliphatic rings. The fourth-order valence-electron chi connectivity index (χ4n) is 3.59. The zero-order chi connectivity index (χ0) is 21.6. The first-order valence-corrected chi connectivity index (χ1v) is 11.7. The van der Waals surface area contributed by atoms with Gasteiger partial charge in [-0.15, -0.1) is 22.7 Å². The molecule has 7 heteroatoms. The first-order valence-electron chi connectivity index (χ1n) is 10.0. The smallest absolute Gasteiger partial charge is 0.410 e. The second kappa shape index (κ2) is 7.71. The van der Waals surface area contributed by atoms with Crippen LogP contribution in [0.3, 0.4) is 0 Å². The lowest BCUT2D eigenvalue weighted by molar-refractivity contribution is 0.0227. The predicted molar refractivity (Wildman–Crippen MR) is 126 cm³/mol. The number of allylic oxidation sites excluding steroid dienone is 1. The van der Waals surface area contributed by atoms with Crippen LogP contribution >= 0.6 is 22.7 Å². The van der Waals surface area contributed by atoms with Crippen LogP contribution in [0.5, 0.6) is 0 Å². The van der Waals surface area contributed by atoms with Crippen molar-refractivity contribution in [2.75, 3.05) is 11.9 Å². The summed E-state index contributed by atoms with van der Waals surface area (Å²) in [7, 11) is 0. The number of fused-ring (bicyclic) bond motifs is 2. The van der Waals surface area contributed by atoms with Gasteiger partial charge in [-0.05, 0) is 58.2 Å². The molecule has 0 fully saturated rings. The summed E-state index contributed by atoms with van der Waals surface area (Å²) in [5.74, 6) is 0. The van der Waals surface area contributed by atoms with E-state index < -0.39 is 5.60 Å². The number of amides is 1. The molecule has 0 aliphatic carbocycles. The molecular weight excluding hydrogens is 414 g/mol. The van der Waals surface area contributed by atoms with Crippen LogP contribution in [0, 0.1) is 6.92 Å². The molecule has 0 saturated heterocycles. The zero-order valence-corrected chi connectivity index (χ0v) is 19.7. The molecule has 0 saturated carbocycles. The Bertz CT molecular complexity index is 1140. The fraction of sp³-hybridized carbons (Fsp3) is 0.391. The Kier molecular flexibility index (Phi) is 5.36. The summed E-state index contributed by atoms with van der Waals surface area (Å²) in [6.07, 6.45) is 0.529. The third-order valence-corrected chi connectivity index (χ3v) is 7.04.